The second-order valence-corrected chi connectivity index (χ2v) is 5.08. The molecule has 1 aromatic rings. The number of alkyl halides is 3. The summed E-state index contributed by atoms with van der Waals surface area (Å²) in [5.74, 6) is -1.32. The van der Waals surface area contributed by atoms with Gasteiger partial charge in [-0.05, 0) is 25.1 Å². The number of carboxylic acid groups (broad SMARTS) is 1. The van der Waals surface area contributed by atoms with Crippen LogP contribution in [-0.2, 0) is 21.8 Å². The maximum atomic E-state index is 12.4. The maximum absolute atomic E-state index is 12.4. The quantitative estimate of drug-likeness (QED) is 0.913. The van der Waals surface area contributed by atoms with E-state index < -0.39 is 33.8 Å². The molecule has 3 nitrogen and oxygen atoms in total. The van der Waals surface area contributed by atoms with Crippen molar-refractivity contribution in [2.24, 2.45) is 0 Å². The second kappa shape index (κ2) is 4.87. The standard InChI is InChI=1S/C10H9F3O3S/c1-6(9(14)15)17(16)8-4-2-3-7(5-8)10(11,12)13/h2-6H,1H3,(H,14,15). The van der Waals surface area contributed by atoms with Crippen LogP contribution in [0, 0.1) is 0 Å². The average molecular weight is 266 g/mol. The molecule has 0 amide bonds. The first-order valence-corrected chi connectivity index (χ1v) is 5.75. The second-order valence-electron chi connectivity index (χ2n) is 3.30. The third kappa shape index (κ3) is 3.29. The van der Waals surface area contributed by atoms with E-state index in [4.69, 9.17) is 5.11 Å². The lowest BCUT2D eigenvalue weighted by molar-refractivity contribution is -0.138. The summed E-state index contributed by atoms with van der Waals surface area (Å²) >= 11 is 0. The van der Waals surface area contributed by atoms with Crippen molar-refractivity contribution in [2.45, 2.75) is 23.2 Å². The van der Waals surface area contributed by atoms with E-state index >= 15 is 0 Å². The molecule has 0 aliphatic carbocycles. The summed E-state index contributed by atoms with van der Waals surface area (Å²) in [6.07, 6.45) is -4.54. The highest BCUT2D eigenvalue weighted by Crippen LogP contribution is 2.30. The SMILES string of the molecule is CC(C(=O)O)S(=O)c1cccc(C(F)(F)F)c1. The number of rotatable bonds is 3. The van der Waals surface area contributed by atoms with Crippen LogP contribution in [0.3, 0.4) is 0 Å². The Labute approximate surface area is 97.7 Å². The van der Waals surface area contributed by atoms with E-state index in [0.29, 0.717) is 6.07 Å². The molecule has 1 rings (SSSR count). The molecule has 1 N–H and O–H groups in total. The van der Waals surface area contributed by atoms with E-state index in [1.54, 1.807) is 0 Å². The number of hydrogen-bond donors (Lipinski definition) is 1. The Hall–Kier alpha value is -1.37. The van der Waals surface area contributed by atoms with Gasteiger partial charge in [-0.2, -0.15) is 13.2 Å². The number of halogens is 3. The zero-order valence-electron chi connectivity index (χ0n) is 8.69. The van der Waals surface area contributed by atoms with Crippen LogP contribution in [0.25, 0.3) is 0 Å². The molecule has 2 atom stereocenters. The molecule has 7 heteroatoms. The topological polar surface area (TPSA) is 54.4 Å². The highest BCUT2D eigenvalue weighted by atomic mass is 32.2. The van der Waals surface area contributed by atoms with E-state index in [0.717, 1.165) is 12.1 Å². The Kier molecular flexibility index (Phi) is 3.92. The van der Waals surface area contributed by atoms with Crippen molar-refractivity contribution in [1.82, 2.24) is 0 Å². The molecule has 17 heavy (non-hydrogen) atoms. The molecule has 0 radical (unpaired) electrons. The monoisotopic (exact) mass is 266 g/mol. The number of carboxylic acids is 1. The molecule has 0 spiro atoms. The average Bonchev–Trinajstić information content (AvgIpc) is 2.26. The van der Waals surface area contributed by atoms with Crippen LogP contribution in [0.2, 0.25) is 0 Å². The third-order valence-electron chi connectivity index (χ3n) is 2.06. The Balaban J connectivity index is 3.08. The Bertz CT molecular complexity index is 456. The van der Waals surface area contributed by atoms with E-state index in [9.17, 15) is 22.2 Å². The van der Waals surface area contributed by atoms with Gasteiger partial charge >= 0.3 is 12.1 Å². The van der Waals surface area contributed by atoms with Gasteiger partial charge in [-0.1, -0.05) is 6.07 Å². The fourth-order valence-electron chi connectivity index (χ4n) is 1.09. The minimum atomic E-state index is -4.54. The molecule has 0 aromatic heterocycles. The van der Waals surface area contributed by atoms with Gasteiger partial charge in [-0.25, -0.2) is 0 Å². The summed E-state index contributed by atoms with van der Waals surface area (Å²) in [6.45, 7) is 1.18. The van der Waals surface area contributed by atoms with E-state index in [2.05, 4.69) is 0 Å². The number of aliphatic carboxylic acids is 1. The predicted molar refractivity (Wildman–Crippen MR) is 55.0 cm³/mol. The van der Waals surface area contributed by atoms with Crippen LogP contribution in [0.1, 0.15) is 12.5 Å². The fraction of sp³-hybridized carbons (Fsp3) is 0.300. The van der Waals surface area contributed by atoms with Crippen LogP contribution in [-0.4, -0.2) is 20.5 Å². The van der Waals surface area contributed by atoms with Gasteiger partial charge in [0.05, 0.1) is 16.4 Å². The lowest BCUT2D eigenvalue weighted by Gasteiger charge is -2.10. The van der Waals surface area contributed by atoms with Crippen molar-refractivity contribution < 1.29 is 27.3 Å². The van der Waals surface area contributed by atoms with Crippen LogP contribution in [0.5, 0.6) is 0 Å². The maximum Gasteiger partial charge on any atom is 0.416 e. The lowest BCUT2D eigenvalue weighted by Crippen LogP contribution is -2.22. The van der Waals surface area contributed by atoms with Gasteiger partial charge in [-0.3, -0.25) is 9.00 Å². The summed E-state index contributed by atoms with van der Waals surface area (Å²) < 4.78 is 48.8. The van der Waals surface area contributed by atoms with E-state index in [1.165, 1.54) is 13.0 Å². The fourth-order valence-corrected chi connectivity index (χ4v) is 2.14. The van der Waals surface area contributed by atoms with Crippen LogP contribution in [0.4, 0.5) is 13.2 Å². The molecule has 1 aromatic carbocycles. The zero-order chi connectivity index (χ0) is 13.2. The molecular formula is C10H9F3O3S. The number of benzene rings is 1. The van der Waals surface area contributed by atoms with E-state index in [-0.39, 0.29) is 4.90 Å². The minimum Gasteiger partial charge on any atom is -0.480 e. The Morgan fingerprint density at radius 2 is 2.00 bits per heavy atom. The molecule has 0 fully saturated rings. The van der Waals surface area contributed by atoms with Gasteiger partial charge < -0.3 is 5.11 Å². The van der Waals surface area contributed by atoms with Crippen LogP contribution >= 0.6 is 0 Å². The first kappa shape index (κ1) is 13.7. The van der Waals surface area contributed by atoms with E-state index in [1.807, 2.05) is 0 Å². The van der Waals surface area contributed by atoms with Crippen molar-refractivity contribution in [1.29, 1.82) is 0 Å². The lowest BCUT2D eigenvalue weighted by atomic mass is 10.2. The highest BCUT2D eigenvalue weighted by molar-refractivity contribution is 7.86. The minimum absolute atomic E-state index is 0.144. The highest BCUT2D eigenvalue weighted by Gasteiger charge is 2.31. The first-order chi connectivity index (χ1) is 7.73. The van der Waals surface area contributed by atoms with Gasteiger partial charge in [0.25, 0.3) is 0 Å². The predicted octanol–water partition coefficient (Wildman–Crippen LogP) is 2.29. The van der Waals surface area contributed by atoms with Gasteiger partial charge in [0.15, 0.2) is 0 Å². The largest absolute Gasteiger partial charge is 0.480 e. The summed E-state index contributed by atoms with van der Waals surface area (Å²) in [5, 5.41) is 7.38. The first-order valence-electron chi connectivity index (χ1n) is 4.54. The van der Waals surface area contributed by atoms with Crippen molar-refractivity contribution in [3.63, 3.8) is 0 Å². The molecule has 2 unspecified atom stereocenters. The van der Waals surface area contributed by atoms with Crippen molar-refractivity contribution in [3.05, 3.63) is 29.8 Å². The number of carbonyl (C=O) groups is 1. The molecule has 0 saturated heterocycles. The van der Waals surface area contributed by atoms with Crippen molar-refractivity contribution >= 4 is 16.8 Å². The number of hydrogen-bond acceptors (Lipinski definition) is 2. The summed E-state index contributed by atoms with van der Waals surface area (Å²) in [6, 6.07) is 3.86. The third-order valence-corrected chi connectivity index (χ3v) is 3.62. The molecular weight excluding hydrogens is 257 g/mol. The van der Waals surface area contributed by atoms with Gasteiger partial charge in [-0.15, -0.1) is 0 Å². The van der Waals surface area contributed by atoms with Crippen molar-refractivity contribution in [2.75, 3.05) is 0 Å². The molecule has 94 valence electrons. The smallest absolute Gasteiger partial charge is 0.416 e. The Morgan fingerprint density at radius 3 is 2.47 bits per heavy atom. The summed E-state index contributed by atoms with van der Waals surface area (Å²) in [5.41, 5.74) is -0.944. The Morgan fingerprint density at radius 1 is 1.41 bits per heavy atom. The normalized spacial score (nSPS) is 15.3. The molecule has 0 saturated carbocycles. The summed E-state index contributed by atoms with van der Waals surface area (Å²) in [4.78, 5) is 10.4. The van der Waals surface area contributed by atoms with Crippen LogP contribution in [0.15, 0.2) is 29.2 Å². The molecule has 0 bridgehead atoms. The van der Waals surface area contributed by atoms with Gasteiger partial charge in [0.1, 0.15) is 5.25 Å². The zero-order valence-corrected chi connectivity index (χ0v) is 9.51. The van der Waals surface area contributed by atoms with Gasteiger partial charge in [0.2, 0.25) is 0 Å². The molecule has 0 aliphatic rings. The molecule has 0 heterocycles. The summed E-state index contributed by atoms with van der Waals surface area (Å²) in [7, 11) is -2.00. The molecule has 0 aliphatic heterocycles. The van der Waals surface area contributed by atoms with Gasteiger partial charge in [0, 0.05) is 4.90 Å². The van der Waals surface area contributed by atoms with Crippen molar-refractivity contribution in [3.8, 4) is 0 Å². The van der Waals surface area contributed by atoms with Crippen LogP contribution < -0.4 is 0 Å².